The van der Waals surface area contributed by atoms with E-state index in [2.05, 4.69) is 14.7 Å². The molecule has 1 aliphatic rings. The highest BCUT2D eigenvalue weighted by Crippen LogP contribution is 2.39. The third-order valence-corrected chi connectivity index (χ3v) is 7.67. The van der Waals surface area contributed by atoms with Crippen molar-refractivity contribution in [2.45, 2.75) is 31.0 Å². The molecule has 1 aliphatic heterocycles. The summed E-state index contributed by atoms with van der Waals surface area (Å²) in [6.07, 6.45) is -3.70. The molecule has 2 N–H and O–H groups in total. The lowest BCUT2D eigenvalue weighted by Crippen LogP contribution is -2.46. The van der Waals surface area contributed by atoms with E-state index < -0.39 is 43.9 Å². The van der Waals surface area contributed by atoms with Crippen molar-refractivity contribution >= 4 is 39.2 Å². The number of nitrogens with one attached hydrogen (secondary N) is 1. The lowest BCUT2D eigenvalue weighted by atomic mass is 9.82. The molecule has 1 fully saturated rings. The lowest BCUT2D eigenvalue weighted by molar-refractivity contribution is -0.148. The van der Waals surface area contributed by atoms with Gasteiger partial charge < -0.3 is 10.0 Å². The molecule has 3 heterocycles. The first kappa shape index (κ1) is 26.7. The standard InChI is InChI=1S/C24H22ClF3N4O4S/c1-23(22(33)34)12-5-13-32(14-23)19-8-4-9-20(30-19)37(35,36)31-18-11-10-16(24(26,27)28)21(29-18)15-6-2-3-7-17(15)25/h2-4,6-11H,5,12-14H2,1H3,(H,29,31)(H,33,34). The van der Waals surface area contributed by atoms with Gasteiger partial charge in [-0.25, -0.2) is 9.97 Å². The topological polar surface area (TPSA) is 112 Å². The highest BCUT2D eigenvalue weighted by molar-refractivity contribution is 7.92. The molecular weight excluding hydrogens is 533 g/mol. The number of pyridine rings is 2. The van der Waals surface area contributed by atoms with Crippen LogP contribution in [0.1, 0.15) is 25.3 Å². The van der Waals surface area contributed by atoms with Crippen LogP contribution in [0.2, 0.25) is 5.02 Å². The molecule has 0 saturated carbocycles. The normalized spacial score (nSPS) is 18.5. The van der Waals surface area contributed by atoms with Gasteiger partial charge in [0.1, 0.15) is 11.6 Å². The predicted molar refractivity (Wildman–Crippen MR) is 132 cm³/mol. The maximum Gasteiger partial charge on any atom is 0.418 e. The van der Waals surface area contributed by atoms with Gasteiger partial charge in [-0.1, -0.05) is 35.9 Å². The number of rotatable bonds is 6. The van der Waals surface area contributed by atoms with Crippen molar-refractivity contribution < 1.29 is 31.5 Å². The number of benzene rings is 1. The summed E-state index contributed by atoms with van der Waals surface area (Å²) < 4.78 is 69.3. The molecule has 2 aromatic heterocycles. The second kappa shape index (κ2) is 9.82. The van der Waals surface area contributed by atoms with E-state index in [1.807, 2.05) is 0 Å². The molecule has 0 radical (unpaired) electrons. The molecule has 4 rings (SSSR count). The van der Waals surface area contributed by atoms with Crippen LogP contribution < -0.4 is 9.62 Å². The van der Waals surface area contributed by atoms with Crippen LogP contribution in [0.25, 0.3) is 11.3 Å². The van der Waals surface area contributed by atoms with E-state index in [-0.39, 0.29) is 28.8 Å². The molecule has 1 unspecified atom stereocenters. The van der Waals surface area contributed by atoms with Gasteiger partial charge in [0, 0.05) is 23.7 Å². The quantitative estimate of drug-likeness (QED) is 0.425. The zero-order valence-electron chi connectivity index (χ0n) is 19.5. The monoisotopic (exact) mass is 554 g/mol. The van der Waals surface area contributed by atoms with Crippen LogP contribution in [0, 0.1) is 5.41 Å². The van der Waals surface area contributed by atoms with E-state index in [1.54, 1.807) is 24.0 Å². The zero-order valence-corrected chi connectivity index (χ0v) is 21.0. The van der Waals surface area contributed by atoms with Crippen molar-refractivity contribution in [2.75, 3.05) is 22.7 Å². The lowest BCUT2D eigenvalue weighted by Gasteiger charge is -2.38. The van der Waals surface area contributed by atoms with E-state index in [0.29, 0.717) is 19.4 Å². The van der Waals surface area contributed by atoms with Crippen LogP contribution in [0.3, 0.4) is 0 Å². The van der Waals surface area contributed by atoms with Gasteiger partial charge in [0.15, 0.2) is 5.03 Å². The van der Waals surface area contributed by atoms with Gasteiger partial charge in [-0.05, 0) is 50.1 Å². The number of carboxylic acid groups (broad SMARTS) is 1. The Balaban J connectivity index is 1.67. The van der Waals surface area contributed by atoms with Crippen molar-refractivity contribution in [3.8, 4) is 11.3 Å². The Kier molecular flexibility index (Phi) is 7.08. The average molecular weight is 555 g/mol. The first-order valence-corrected chi connectivity index (χ1v) is 13.0. The van der Waals surface area contributed by atoms with Gasteiger partial charge in [0.25, 0.3) is 10.0 Å². The number of sulfonamides is 1. The minimum atomic E-state index is -4.76. The molecule has 13 heteroatoms. The summed E-state index contributed by atoms with van der Waals surface area (Å²) in [6.45, 7) is 2.26. The fraction of sp³-hybridized carbons (Fsp3) is 0.292. The zero-order chi connectivity index (χ0) is 27.0. The summed E-state index contributed by atoms with van der Waals surface area (Å²) in [6, 6.07) is 11.7. The van der Waals surface area contributed by atoms with E-state index in [1.165, 1.54) is 30.3 Å². The molecule has 3 aromatic rings. The molecule has 0 spiro atoms. The maximum absolute atomic E-state index is 13.7. The molecule has 1 saturated heterocycles. The number of nitrogens with zero attached hydrogens (tertiary/aromatic N) is 3. The Morgan fingerprint density at radius 3 is 2.51 bits per heavy atom. The number of piperidine rings is 1. The van der Waals surface area contributed by atoms with Crippen LogP contribution in [0.4, 0.5) is 24.8 Å². The van der Waals surface area contributed by atoms with Crippen molar-refractivity contribution in [3.63, 3.8) is 0 Å². The van der Waals surface area contributed by atoms with Crippen molar-refractivity contribution in [2.24, 2.45) is 5.41 Å². The summed E-state index contributed by atoms with van der Waals surface area (Å²) in [5, 5.41) is 9.19. The number of anilines is 2. The Morgan fingerprint density at radius 2 is 1.84 bits per heavy atom. The van der Waals surface area contributed by atoms with Gasteiger partial charge >= 0.3 is 12.1 Å². The summed E-state index contributed by atoms with van der Waals surface area (Å²) in [5.41, 5.74) is -2.62. The first-order valence-electron chi connectivity index (χ1n) is 11.1. The smallest absolute Gasteiger partial charge is 0.418 e. The van der Waals surface area contributed by atoms with Crippen LogP contribution in [-0.4, -0.2) is 42.6 Å². The maximum atomic E-state index is 13.7. The molecule has 8 nitrogen and oxygen atoms in total. The van der Waals surface area contributed by atoms with Gasteiger partial charge in [0.2, 0.25) is 0 Å². The SMILES string of the molecule is CC1(C(=O)O)CCCN(c2cccc(S(=O)(=O)Nc3ccc(C(F)(F)F)c(-c4ccccc4Cl)n3)n2)C1. The van der Waals surface area contributed by atoms with Crippen LogP contribution in [-0.2, 0) is 21.0 Å². The van der Waals surface area contributed by atoms with Gasteiger partial charge in [-0.3, -0.25) is 9.52 Å². The Hall–Kier alpha value is -3.38. The molecule has 0 bridgehead atoms. The second-order valence-corrected chi connectivity index (χ2v) is 10.9. The average Bonchev–Trinajstić information content (AvgIpc) is 2.83. The third kappa shape index (κ3) is 5.64. The highest BCUT2D eigenvalue weighted by atomic mass is 35.5. The van der Waals surface area contributed by atoms with Crippen molar-refractivity contribution in [1.82, 2.24) is 9.97 Å². The largest absolute Gasteiger partial charge is 0.481 e. The fourth-order valence-corrected chi connectivity index (χ4v) is 5.32. The fourth-order valence-electron chi connectivity index (χ4n) is 4.13. The molecule has 0 amide bonds. The number of halogens is 4. The molecule has 1 atom stereocenters. The molecule has 0 aliphatic carbocycles. The number of carbonyl (C=O) groups is 1. The minimum Gasteiger partial charge on any atom is -0.481 e. The Labute approximate surface area is 216 Å². The minimum absolute atomic E-state index is 0.00996. The summed E-state index contributed by atoms with van der Waals surface area (Å²) in [4.78, 5) is 21.5. The van der Waals surface area contributed by atoms with Crippen LogP contribution in [0.5, 0.6) is 0 Å². The first-order chi connectivity index (χ1) is 17.3. The van der Waals surface area contributed by atoms with Crippen molar-refractivity contribution in [1.29, 1.82) is 0 Å². The number of aliphatic carboxylic acids is 1. The number of carboxylic acids is 1. The number of alkyl halides is 3. The second-order valence-electron chi connectivity index (χ2n) is 8.90. The summed E-state index contributed by atoms with van der Waals surface area (Å²) in [7, 11) is -4.36. The van der Waals surface area contributed by atoms with Gasteiger partial charge in [-0.2, -0.15) is 21.6 Å². The van der Waals surface area contributed by atoms with E-state index in [0.717, 1.165) is 12.1 Å². The molecular formula is C24H22ClF3N4O4S. The number of hydrogen-bond donors (Lipinski definition) is 2. The van der Waals surface area contributed by atoms with E-state index in [9.17, 15) is 31.5 Å². The highest BCUT2D eigenvalue weighted by Gasteiger charge is 2.39. The number of aromatic nitrogens is 2. The van der Waals surface area contributed by atoms with Crippen LogP contribution in [0.15, 0.2) is 59.6 Å². The van der Waals surface area contributed by atoms with E-state index in [4.69, 9.17) is 11.6 Å². The van der Waals surface area contributed by atoms with Crippen molar-refractivity contribution in [3.05, 3.63) is 65.2 Å². The van der Waals surface area contributed by atoms with Crippen LogP contribution >= 0.6 is 11.6 Å². The molecule has 1 aromatic carbocycles. The Morgan fingerprint density at radius 1 is 1.11 bits per heavy atom. The predicted octanol–water partition coefficient (Wildman–Crippen LogP) is 5.31. The number of hydrogen-bond acceptors (Lipinski definition) is 6. The van der Waals surface area contributed by atoms with Gasteiger partial charge in [0.05, 0.1) is 16.7 Å². The summed E-state index contributed by atoms with van der Waals surface area (Å²) >= 11 is 6.10. The molecule has 196 valence electrons. The Bertz CT molecular complexity index is 1450. The molecule has 37 heavy (non-hydrogen) atoms. The summed E-state index contributed by atoms with van der Waals surface area (Å²) in [5.74, 6) is -1.04. The van der Waals surface area contributed by atoms with E-state index >= 15 is 0 Å². The third-order valence-electron chi connectivity index (χ3n) is 6.09. The van der Waals surface area contributed by atoms with Gasteiger partial charge in [-0.15, -0.1) is 0 Å².